The molecule has 0 atom stereocenters. The fourth-order valence-electron chi connectivity index (χ4n) is 2.21. The molecule has 0 aliphatic rings. The molecule has 0 amide bonds. The normalized spacial score (nSPS) is 10.6. The molecule has 1 heterocycles. The highest BCUT2D eigenvalue weighted by atomic mass is 16.5. The van der Waals surface area contributed by atoms with Gasteiger partial charge in [0, 0.05) is 38.0 Å². The Bertz CT molecular complexity index is 566. The van der Waals surface area contributed by atoms with Crippen molar-refractivity contribution in [1.82, 2.24) is 9.78 Å². The molecule has 1 N–H and O–H groups in total. The van der Waals surface area contributed by atoms with Crippen LogP contribution in [0, 0.1) is 0 Å². The standard InChI is InChI=1S/C16H23N3O2/c1-4-8-19-9-7-16(18-19)17-11-13-5-6-15(21-3)14(10-13)12-20-2/h5-7,9-10H,4,8,11-12H2,1-3H3,(H,17,18). The van der Waals surface area contributed by atoms with Gasteiger partial charge < -0.3 is 14.8 Å². The van der Waals surface area contributed by atoms with Crippen molar-refractivity contribution in [3.05, 3.63) is 41.6 Å². The summed E-state index contributed by atoms with van der Waals surface area (Å²) in [6.07, 6.45) is 3.08. The first kappa shape index (κ1) is 15.4. The number of anilines is 1. The zero-order valence-electron chi connectivity index (χ0n) is 12.9. The largest absolute Gasteiger partial charge is 0.496 e. The maximum absolute atomic E-state index is 5.33. The zero-order valence-corrected chi connectivity index (χ0v) is 12.9. The Kier molecular flexibility index (Phi) is 5.63. The van der Waals surface area contributed by atoms with Gasteiger partial charge >= 0.3 is 0 Å². The van der Waals surface area contributed by atoms with Crippen molar-refractivity contribution in [1.29, 1.82) is 0 Å². The van der Waals surface area contributed by atoms with Gasteiger partial charge in [0.1, 0.15) is 11.6 Å². The molecule has 1 aromatic heterocycles. The molecule has 2 aromatic rings. The number of methoxy groups -OCH3 is 2. The molecule has 21 heavy (non-hydrogen) atoms. The van der Waals surface area contributed by atoms with Crippen LogP contribution >= 0.6 is 0 Å². The molecular formula is C16H23N3O2. The summed E-state index contributed by atoms with van der Waals surface area (Å²) in [4.78, 5) is 0. The molecule has 0 radical (unpaired) electrons. The number of hydrogen-bond acceptors (Lipinski definition) is 4. The van der Waals surface area contributed by atoms with Crippen LogP contribution in [0.5, 0.6) is 5.75 Å². The Balaban J connectivity index is 2.00. The van der Waals surface area contributed by atoms with E-state index in [1.807, 2.05) is 29.1 Å². The van der Waals surface area contributed by atoms with Gasteiger partial charge in [-0.2, -0.15) is 5.10 Å². The molecule has 1 aromatic carbocycles. The van der Waals surface area contributed by atoms with Gasteiger partial charge in [-0.1, -0.05) is 13.0 Å². The molecule has 0 aliphatic heterocycles. The summed E-state index contributed by atoms with van der Waals surface area (Å²) in [5, 5.41) is 7.80. The number of benzene rings is 1. The van der Waals surface area contributed by atoms with E-state index in [-0.39, 0.29) is 0 Å². The number of hydrogen-bond donors (Lipinski definition) is 1. The first-order valence-electron chi connectivity index (χ1n) is 7.19. The Morgan fingerprint density at radius 2 is 2.10 bits per heavy atom. The third kappa shape index (κ3) is 4.23. The fourth-order valence-corrected chi connectivity index (χ4v) is 2.21. The lowest BCUT2D eigenvalue weighted by molar-refractivity contribution is 0.181. The van der Waals surface area contributed by atoms with Crippen molar-refractivity contribution in [3.63, 3.8) is 0 Å². The molecule has 114 valence electrons. The van der Waals surface area contributed by atoms with Gasteiger partial charge in [0.25, 0.3) is 0 Å². The number of rotatable bonds is 8. The molecule has 5 nitrogen and oxygen atoms in total. The van der Waals surface area contributed by atoms with E-state index in [4.69, 9.17) is 9.47 Å². The molecule has 0 unspecified atom stereocenters. The zero-order chi connectivity index (χ0) is 15.1. The molecule has 0 fully saturated rings. The van der Waals surface area contributed by atoms with Crippen LogP contribution in [0.25, 0.3) is 0 Å². The maximum Gasteiger partial charge on any atom is 0.148 e. The number of nitrogens with one attached hydrogen (secondary N) is 1. The number of ether oxygens (including phenoxy) is 2. The van der Waals surface area contributed by atoms with Gasteiger partial charge in [0.05, 0.1) is 13.7 Å². The van der Waals surface area contributed by atoms with Gasteiger partial charge in [0.2, 0.25) is 0 Å². The second-order valence-electron chi connectivity index (χ2n) is 4.90. The van der Waals surface area contributed by atoms with Crippen LogP contribution in [-0.4, -0.2) is 24.0 Å². The monoisotopic (exact) mass is 289 g/mol. The van der Waals surface area contributed by atoms with Crippen LogP contribution in [0.3, 0.4) is 0 Å². The van der Waals surface area contributed by atoms with Gasteiger partial charge in [-0.15, -0.1) is 0 Å². The Hall–Kier alpha value is -2.01. The smallest absolute Gasteiger partial charge is 0.148 e. The third-order valence-electron chi connectivity index (χ3n) is 3.21. The van der Waals surface area contributed by atoms with E-state index in [0.717, 1.165) is 36.6 Å². The number of aromatic nitrogens is 2. The Labute approximate surface area is 125 Å². The number of nitrogens with zero attached hydrogens (tertiary/aromatic N) is 2. The summed E-state index contributed by atoms with van der Waals surface area (Å²) in [5.41, 5.74) is 2.23. The fraction of sp³-hybridized carbons (Fsp3) is 0.438. The predicted molar refractivity (Wildman–Crippen MR) is 83.6 cm³/mol. The minimum atomic E-state index is 0.544. The number of aryl methyl sites for hydroxylation is 1. The lowest BCUT2D eigenvalue weighted by Gasteiger charge is -2.10. The van der Waals surface area contributed by atoms with E-state index in [1.54, 1.807) is 14.2 Å². The van der Waals surface area contributed by atoms with E-state index in [0.29, 0.717) is 6.61 Å². The van der Waals surface area contributed by atoms with Crippen molar-refractivity contribution in [2.75, 3.05) is 19.5 Å². The van der Waals surface area contributed by atoms with Gasteiger partial charge in [-0.25, -0.2) is 0 Å². The van der Waals surface area contributed by atoms with E-state index in [2.05, 4.69) is 23.4 Å². The average molecular weight is 289 g/mol. The summed E-state index contributed by atoms with van der Waals surface area (Å²) in [6, 6.07) is 8.11. The molecule has 0 saturated carbocycles. The summed E-state index contributed by atoms with van der Waals surface area (Å²) in [7, 11) is 3.36. The van der Waals surface area contributed by atoms with Crippen LogP contribution in [0.15, 0.2) is 30.5 Å². The maximum atomic E-state index is 5.33. The SMILES string of the molecule is CCCn1ccc(NCc2ccc(OC)c(COC)c2)n1. The topological polar surface area (TPSA) is 48.3 Å². The van der Waals surface area contributed by atoms with Crippen molar-refractivity contribution >= 4 is 5.82 Å². The summed E-state index contributed by atoms with van der Waals surface area (Å²) in [5.74, 6) is 1.75. The minimum Gasteiger partial charge on any atom is -0.496 e. The van der Waals surface area contributed by atoms with E-state index in [1.165, 1.54) is 5.56 Å². The Morgan fingerprint density at radius 3 is 2.81 bits per heavy atom. The summed E-state index contributed by atoms with van der Waals surface area (Å²) >= 11 is 0. The highest BCUT2D eigenvalue weighted by Gasteiger charge is 2.05. The molecule has 0 bridgehead atoms. The summed E-state index contributed by atoms with van der Waals surface area (Å²) in [6.45, 7) is 4.36. The third-order valence-corrected chi connectivity index (χ3v) is 3.21. The van der Waals surface area contributed by atoms with E-state index >= 15 is 0 Å². The molecular weight excluding hydrogens is 266 g/mol. The van der Waals surface area contributed by atoms with Gasteiger partial charge in [-0.05, 0) is 24.1 Å². The average Bonchev–Trinajstić information content (AvgIpc) is 2.94. The van der Waals surface area contributed by atoms with E-state index < -0.39 is 0 Å². The van der Waals surface area contributed by atoms with Crippen molar-refractivity contribution in [2.45, 2.75) is 33.0 Å². The molecule has 0 spiro atoms. The molecule has 2 rings (SSSR count). The lowest BCUT2D eigenvalue weighted by atomic mass is 10.1. The first-order valence-corrected chi connectivity index (χ1v) is 7.19. The van der Waals surface area contributed by atoms with Crippen molar-refractivity contribution in [2.24, 2.45) is 0 Å². The first-order chi connectivity index (χ1) is 10.3. The highest BCUT2D eigenvalue weighted by Crippen LogP contribution is 2.21. The summed E-state index contributed by atoms with van der Waals surface area (Å²) < 4.78 is 12.5. The second kappa shape index (κ2) is 7.69. The molecule has 0 saturated heterocycles. The van der Waals surface area contributed by atoms with Crippen LogP contribution in [0.4, 0.5) is 5.82 Å². The van der Waals surface area contributed by atoms with Crippen molar-refractivity contribution in [3.8, 4) is 5.75 Å². The van der Waals surface area contributed by atoms with Crippen molar-refractivity contribution < 1.29 is 9.47 Å². The predicted octanol–water partition coefficient (Wildman–Crippen LogP) is 3.06. The van der Waals surface area contributed by atoms with Crippen LogP contribution in [0.2, 0.25) is 0 Å². The van der Waals surface area contributed by atoms with Crippen LogP contribution < -0.4 is 10.1 Å². The van der Waals surface area contributed by atoms with E-state index in [9.17, 15) is 0 Å². The van der Waals surface area contributed by atoms with Gasteiger partial charge in [0.15, 0.2) is 0 Å². The molecule has 0 aliphatic carbocycles. The second-order valence-corrected chi connectivity index (χ2v) is 4.90. The lowest BCUT2D eigenvalue weighted by Crippen LogP contribution is -2.03. The Morgan fingerprint density at radius 1 is 1.24 bits per heavy atom. The van der Waals surface area contributed by atoms with Gasteiger partial charge in [-0.3, -0.25) is 4.68 Å². The molecule has 5 heteroatoms. The highest BCUT2D eigenvalue weighted by molar-refractivity contribution is 5.39. The minimum absolute atomic E-state index is 0.544. The van der Waals surface area contributed by atoms with Crippen LogP contribution in [-0.2, 0) is 24.4 Å². The van der Waals surface area contributed by atoms with Crippen LogP contribution in [0.1, 0.15) is 24.5 Å². The quantitative estimate of drug-likeness (QED) is 0.811.